The van der Waals surface area contributed by atoms with Gasteiger partial charge in [-0.05, 0) is 50.2 Å². The van der Waals surface area contributed by atoms with Crippen molar-refractivity contribution >= 4 is 15.7 Å². The van der Waals surface area contributed by atoms with Crippen molar-refractivity contribution in [2.75, 3.05) is 31.3 Å². The first-order chi connectivity index (χ1) is 15.7. The summed E-state index contributed by atoms with van der Waals surface area (Å²) in [6, 6.07) is 12.6. The van der Waals surface area contributed by atoms with Crippen molar-refractivity contribution in [1.29, 1.82) is 0 Å². The molecule has 2 aliphatic rings. The van der Waals surface area contributed by atoms with Crippen molar-refractivity contribution in [3.63, 3.8) is 0 Å². The lowest BCUT2D eigenvalue weighted by atomic mass is 9.76. The van der Waals surface area contributed by atoms with Crippen molar-refractivity contribution in [1.82, 2.24) is 10.0 Å². The van der Waals surface area contributed by atoms with Crippen molar-refractivity contribution in [3.05, 3.63) is 65.2 Å². The van der Waals surface area contributed by atoms with E-state index in [0.29, 0.717) is 30.6 Å². The molecule has 1 saturated heterocycles. The Hall–Kier alpha value is -2.14. The molecule has 0 spiro atoms. The zero-order valence-electron chi connectivity index (χ0n) is 18.2. The predicted octanol–water partition coefficient (Wildman–Crippen LogP) is 3.85. The molecular weight excluding hydrogens is 455 g/mol. The molecule has 4 rings (SSSR count). The van der Waals surface area contributed by atoms with E-state index in [4.69, 9.17) is 4.74 Å². The van der Waals surface area contributed by atoms with E-state index in [-0.39, 0.29) is 24.3 Å². The van der Waals surface area contributed by atoms with Crippen LogP contribution in [0.4, 0.5) is 18.9 Å². The zero-order chi connectivity index (χ0) is 23.6. The minimum Gasteiger partial charge on any atom is -0.378 e. The fourth-order valence-corrected chi connectivity index (χ4v) is 6.01. The summed E-state index contributed by atoms with van der Waals surface area (Å²) in [5, 5.41) is 6.31. The van der Waals surface area contributed by atoms with E-state index in [9.17, 15) is 21.6 Å². The Morgan fingerprint density at radius 1 is 1.15 bits per heavy atom. The Morgan fingerprint density at radius 2 is 1.91 bits per heavy atom. The maximum Gasteiger partial charge on any atom is 0.416 e. The van der Waals surface area contributed by atoms with Gasteiger partial charge in [-0.25, -0.2) is 13.1 Å². The third-order valence-electron chi connectivity index (χ3n) is 6.19. The van der Waals surface area contributed by atoms with Gasteiger partial charge in [0, 0.05) is 23.2 Å². The van der Waals surface area contributed by atoms with E-state index in [1.807, 2.05) is 30.3 Å². The van der Waals surface area contributed by atoms with Crippen LogP contribution >= 0.6 is 0 Å². The molecule has 4 atom stereocenters. The van der Waals surface area contributed by atoms with Gasteiger partial charge in [-0.2, -0.15) is 13.2 Å². The van der Waals surface area contributed by atoms with Crippen LogP contribution in [-0.4, -0.2) is 40.4 Å². The van der Waals surface area contributed by atoms with Crippen molar-refractivity contribution in [2.24, 2.45) is 5.92 Å². The fourth-order valence-electron chi connectivity index (χ4n) is 4.70. The quantitative estimate of drug-likeness (QED) is 0.522. The topological polar surface area (TPSA) is 79.5 Å². The Balaban J connectivity index is 1.62. The van der Waals surface area contributed by atoms with Crippen LogP contribution in [0.1, 0.15) is 41.7 Å². The van der Waals surface area contributed by atoms with Crippen molar-refractivity contribution < 1.29 is 26.3 Å². The molecule has 0 saturated carbocycles. The first kappa shape index (κ1) is 24.0. The second kappa shape index (κ2) is 9.61. The van der Waals surface area contributed by atoms with Gasteiger partial charge in [0.2, 0.25) is 10.0 Å². The number of anilines is 1. The van der Waals surface area contributed by atoms with Gasteiger partial charge in [0.25, 0.3) is 0 Å². The summed E-state index contributed by atoms with van der Waals surface area (Å²) in [7, 11) is -1.74. The van der Waals surface area contributed by atoms with E-state index >= 15 is 0 Å². The molecule has 2 aromatic carbocycles. The van der Waals surface area contributed by atoms with E-state index in [1.54, 1.807) is 7.05 Å². The highest BCUT2D eigenvalue weighted by Gasteiger charge is 2.44. The van der Waals surface area contributed by atoms with Gasteiger partial charge in [-0.3, -0.25) is 0 Å². The van der Waals surface area contributed by atoms with Crippen molar-refractivity contribution in [2.45, 2.75) is 37.2 Å². The van der Waals surface area contributed by atoms with Gasteiger partial charge in [0.15, 0.2) is 0 Å². The lowest BCUT2D eigenvalue weighted by Crippen LogP contribution is -2.48. The van der Waals surface area contributed by atoms with E-state index < -0.39 is 33.9 Å². The molecule has 2 aliphatic heterocycles. The van der Waals surface area contributed by atoms with Gasteiger partial charge in [-0.1, -0.05) is 30.3 Å². The summed E-state index contributed by atoms with van der Waals surface area (Å²) in [4.78, 5) is 0. The molecule has 33 heavy (non-hydrogen) atoms. The number of hydrogen-bond donors (Lipinski definition) is 3. The lowest BCUT2D eigenvalue weighted by Gasteiger charge is -2.45. The van der Waals surface area contributed by atoms with Crippen molar-refractivity contribution in [3.8, 4) is 0 Å². The molecular formula is C23H28F3N3O3S. The van der Waals surface area contributed by atoms with Crippen LogP contribution in [0.3, 0.4) is 0 Å². The second-order valence-corrected chi connectivity index (χ2v) is 10.5. The number of alkyl halides is 3. The van der Waals surface area contributed by atoms with Gasteiger partial charge in [0.1, 0.15) is 0 Å². The molecule has 2 heterocycles. The highest BCUT2D eigenvalue weighted by Crippen LogP contribution is 2.50. The highest BCUT2D eigenvalue weighted by molar-refractivity contribution is 7.89. The molecule has 180 valence electrons. The fraction of sp³-hybridized carbons (Fsp3) is 0.478. The summed E-state index contributed by atoms with van der Waals surface area (Å²) in [6.07, 6.45) is -4.11. The Bertz CT molecular complexity index is 1060. The van der Waals surface area contributed by atoms with Crippen LogP contribution in [0.2, 0.25) is 0 Å². The van der Waals surface area contributed by atoms with Crippen LogP contribution < -0.4 is 15.4 Å². The smallest absolute Gasteiger partial charge is 0.378 e. The summed E-state index contributed by atoms with van der Waals surface area (Å²) >= 11 is 0. The third-order valence-corrected chi connectivity index (χ3v) is 7.71. The second-order valence-electron chi connectivity index (χ2n) is 8.58. The molecule has 0 radical (unpaired) electrons. The van der Waals surface area contributed by atoms with E-state index in [1.165, 1.54) is 6.07 Å². The Kier molecular flexibility index (Phi) is 6.99. The predicted molar refractivity (Wildman–Crippen MR) is 120 cm³/mol. The molecule has 0 aliphatic carbocycles. The molecule has 2 aromatic rings. The first-order valence-electron chi connectivity index (χ1n) is 11.0. The number of benzene rings is 2. The highest BCUT2D eigenvalue weighted by atomic mass is 32.2. The number of ether oxygens (including phenoxy) is 1. The average Bonchev–Trinajstić information content (AvgIpc) is 2.78. The van der Waals surface area contributed by atoms with Crippen LogP contribution in [0.25, 0.3) is 0 Å². The molecule has 10 heteroatoms. The maximum absolute atomic E-state index is 13.4. The SMILES string of the molecule is CNCCCS(=O)(=O)NC1COC2c3cc(C(F)(F)F)ccc3NC(c3ccccc3)C2C1. The summed E-state index contributed by atoms with van der Waals surface area (Å²) in [6.45, 7) is 0.689. The lowest BCUT2D eigenvalue weighted by molar-refractivity contribution is -0.137. The minimum atomic E-state index is -4.46. The van der Waals surface area contributed by atoms with Crippen LogP contribution in [0.5, 0.6) is 0 Å². The zero-order valence-corrected chi connectivity index (χ0v) is 19.0. The van der Waals surface area contributed by atoms with Gasteiger partial charge < -0.3 is 15.4 Å². The van der Waals surface area contributed by atoms with Crippen LogP contribution in [0, 0.1) is 5.92 Å². The van der Waals surface area contributed by atoms with Gasteiger partial charge in [0.05, 0.1) is 30.1 Å². The largest absolute Gasteiger partial charge is 0.416 e. The Morgan fingerprint density at radius 3 is 2.61 bits per heavy atom. The summed E-state index contributed by atoms with van der Waals surface area (Å²) < 4.78 is 73.9. The number of fused-ring (bicyclic) bond motifs is 3. The number of sulfonamides is 1. The number of hydrogen-bond acceptors (Lipinski definition) is 5. The molecule has 3 N–H and O–H groups in total. The van der Waals surface area contributed by atoms with Crippen LogP contribution in [0.15, 0.2) is 48.5 Å². The summed E-state index contributed by atoms with van der Waals surface area (Å²) in [5.74, 6) is -0.251. The molecule has 0 aromatic heterocycles. The monoisotopic (exact) mass is 483 g/mol. The molecule has 6 nitrogen and oxygen atoms in total. The first-order valence-corrected chi connectivity index (χ1v) is 12.6. The average molecular weight is 484 g/mol. The van der Waals surface area contributed by atoms with Gasteiger partial charge >= 0.3 is 6.18 Å². The van der Waals surface area contributed by atoms with E-state index in [0.717, 1.165) is 17.7 Å². The van der Waals surface area contributed by atoms with Crippen LogP contribution in [-0.2, 0) is 20.9 Å². The minimum absolute atomic E-state index is 0.00340. The number of nitrogens with one attached hydrogen (secondary N) is 3. The normalized spacial score (nSPS) is 25.1. The van der Waals surface area contributed by atoms with Gasteiger partial charge in [-0.15, -0.1) is 0 Å². The maximum atomic E-state index is 13.4. The number of halogens is 3. The molecule has 1 fully saturated rings. The third kappa shape index (κ3) is 5.51. The summed E-state index contributed by atoms with van der Waals surface area (Å²) in [5.41, 5.74) is 1.30. The standard InChI is InChI=1S/C23H28F3N3O3S/c1-27-10-5-11-33(30,31)29-17-13-19-21(15-6-3-2-4-7-15)28-20-9-8-16(23(24,25)26)12-18(20)22(19)32-14-17/h2-4,6-9,12,17,19,21-22,27-29H,5,10-11,13-14H2,1H3. The Labute approximate surface area is 192 Å². The van der Waals surface area contributed by atoms with E-state index in [2.05, 4.69) is 15.4 Å². The number of rotatable bonds is 7. The molecule has 4 unspecified atom stereocenters. The molecule has 0 bridgehead atoms. The molecule has 0 amide bonds.